The van der Waals surface area contributed by atoms with Crippen LogP contribution in [0.3, 0.4) is 0 Å². The molecule has 1 rings (SSSR count). The van der Waals surface area contributed by atoms with Crippen LogP contribution in [0.5, 0.6) is 6.01 Å². The van der Waals surface area contributed by atoms with Gasteiger partial charge in [0.15, 0.2) is 0 Å². The Morgan fingerprint density at radius 3 is 2.76 bits per heavy atom. The molecule has 1 aromatic rings. The molecule has 0 saturated heterocycles. The third-order valence-electron chi connectivity index (χ3n) is 2.07. The first-order valence-electron chi connectivity index (χ1n) is 5.13. The van der Waals surface area contributed by atoms with Crippen LogP contribution in [0.1, 0.15) is 13.3 Å². The van der Waals surface area contributed by atoms with Crippen LogP contribution in [-0.4, -0.2) is 35.2 Å². The third kappa shape index (κ3) is 3.42. The molecule has 92 valence electrons. The highest BCUT2D eigenvalue weighted by molar-refractivity contribution is 5.37. The Kier molecular flexibility index (Phi) is 4.90. The Morgan fingerprint density at radius 1 is 1.47 bits per heavy atom. The Bertz CT molecular complexity index is 381. The molecular weight excluding hydrogens is 222 g/mol. The minimum absolute atomic E-state index is 0.179. The van der Waals surface area contributed by atoms with Gasteiger partial charge < -0.3 is 9.64 Å². The fraction of sp³-hybridized carbons (Fsp3) is 0.556. The molecule has 0 radical (unpaired) electrons. The highest BCUT2D eigenvalue weighted by Gasteiger charge is 2.11. The zero-order valence-electron chi connectivity index (χ0n) is 9.84. The fourth-order valence-electron chi connectivity index (χ4n) is 1.23. The van der Waals surface area contributed by atoms with Crippen LogP contribution in [0.4, 0.5) is 11.9 Å². The Labute approximate surface area is 99.4 Å². The van der Waals surface area contributed by atoms with Gasteiger partial charge in [-0.2, -0.15) is 20.2 Å². The Morgan fingerprint density at radius 2 is 2.24 bits per heavy atom. The molecule has 8 nitrogen and oxygen atoms in total. The molecule has 0 spiro atoms. The molecule has 0 aliphatic rings. The topological polar surface area (TPSA) is 113 Å². The summed E-state index contributed by atoms with van der Waals surface area (Å²) in [4.78, 5) is 13.9. The molecule has 0 aliphatic heterocycles. The van der Waals surface area contributed by atoms with Crippen LogP contribution < -0.4 is 20.9 Å². The Hall–Kier alpha value is -2.14. The maximum absolute atomic E-state index is 8.57. The van der Waals surface area contributed by atoms with Gasteiger partial charge in [0.2, 0.25) is 11.9 Å². The number of aromatic nitrogens is 3. The van der Waals surface area contributed by atoms with Crippen molar-refractivity contribution in [1.29, 1.82) is 5.26 Å². The molecular formula is C9H15N7O. The zero-order valence-corrected chi connectivity index (χ0v) is 9.84. The lowest BCUT2D eigenvalue weighted by Crippen LogP contribution is -2.27. The van der Waals surface area contributed by atoms with Crippen molar-refractivity contribution in [3.05, 3.63) is 0 Å². The normalized spacial score (nSPS) is 9.53. The molecule has 0 fully saturated rings. The van der Waals surface area contributed by atoms with Gasteiger partial charge in [-0.15, -0.1) is 0 Å². The molecule has 17 heavy (non-hydrogen) atoms. The molecule has 0 unspecified atom stereocenters. The summed E-state index contributed by atoms with van der Waals surface area (Å²) in [7, 11) is 1.46. The lowest BCUT2D eigenvalue weighted by Gasteiger charge is -2.19. The van der Waals surface area contributed by atoms with Crippen molar-refractivity contribution < 1.29 is 4.74 Å². The number of rotatable bonds is 6. The standard InChI is InChI=1S/C9H15N7O/c1-3-16(6-4-5-10)8-12-7(15-11)13-9(14-8)17-2/h3-4,6,11H2,1-2H3,(H,12,13,14,15). The maximum Gasteiger partial charge on any atom is 0.322 e. The van der Waals surface area contributed by atoms with Crippen molar-refractivity contribution in [3.8, 4) is 12.1 Å². The summed E-state index contributed by atoms with van der Waals surface area (Å²) in [5, 5.41) is 8.57. The van der Waals surface area contributed by atoms with Gasteiger partial charge in [0.1, 0.15) is 0 Å². The molecule has 1 heterocycles. The number of ether oxygens (including phenoxy) is 1. The van der Waals surface area contributed by atoms with Gasteiger partial charge in [-0.25, -0.2) is 5.84 Å². The number of nitrogens with zero attached hydrogens (tertiary/aromatic N) is 5. The number of nitrogens with two attached hydrogens (primary N) is 1. The largest absolute Gasteiger partial charge is 0.467 e. The molecule has 0 saturated carbocycles. The molecule has 0 aromatic carbocycles. The van der Waals surface area contributed by atoms with Crippen molar-refractivity contribution in [3.63, 3.8) is 0 Å². The molecule has 3 N–H and O–H groups in total. The van der Waals surface area contributed by atoms with Crippen LogP contribution in [0.25, 0.3) is 0 Å². The molecule has 0 bridgehead atoms. The molecule has 0 atom stereocenters. The van der Waals surface area contributed by atoms with Crippen LogP contribution >= 0.6 is 0 Å². The summed E-state index contributed by atoms with van der Waals surface area (Å²) < 4.78 is 4.95. The smallest absolute Gasteiger partial charge is 0.322 e. The van der Waals surface area contributed by atoms with E-state index < -0.39 is 0 Å². The summed E-state index contributed by atoms with van der Waals surface area (Å²) >= 11 is 0. The van der Waals surface area contributed by atoms with Gasteiger partial charge in [-0.1, -0.05) is 0 Å². The first-order chi connectivity index (χ1) is 8.24. The van der Waals surface area contributed by atoms with E-state index in [1.165, 1.54) is 7.11 Å². The fourth-order valence-corrected chi connectivity index (χ4v) is 1.23. The predicted molar refractivity (Wildman–Crippen MR) is 62.3 cm³/mol. The highest BCUT2D eigenvalue weighted by atomic mass is 16.5. The second-order valence-electron chi connectivity index (χ2n) is 3.08. The molecule has 1 aromatic heterocycles. The van der Waals surface area contributed by atoms with Crippen molar-refractivity contribution in [2.45, 2.75) is 13.3 Å². The number of hydrogen-bond donors (Lipinski definition) is 2. The van der Waals surface area contributed by atoms with Gasteiger partial charge in [0.25, 0.3) is 0 Å². The van der Waals surface area contributed by atoms with Crippen molar-refractivity contribution in [2.24, 2.45) is 5.84 Å². The van der Waals surface area contributed by atoms with Crippen molar-refractivity contribution in [1.82, 2.24) is 15.0 Å². The third-order valence-corrected chi connectivity index (χ3v) is 2.07. The maximum atomic E-state index is 8.57. The first kappa shape index (κ1) is 12.9. The minimum Gasteiger partial charge on any atom is -0.467 e. The van der Waals surface area contributed by atoms with E-state index in [-0.39, 0.29) is 12.0 Å². The summed E-state index contributed by atoms with van der Waals surface area (Å²) in [6, 6.07) is 2.25. The van der Waals surface area contributed by atoms with Gasteiger partial charge in [0, 0.05) is 13.1 Å². The van der Waals surface area contributed by atoms with E-state index in [2.05, 4.69) is 26.4 Å². The van der Waals surface area contributed by atoms with Gasteiger partial charge in [-0.3, -0.25) is 5.43 Å². The summed E-state index contributed by atoms with van der Waals surface area (Å²) in [6.45, 7) is 3.17. The van der Waals surface area contributed by atoms with Crippen LogP contribution in [-0.2, 0) is 0 Å². The first-order valence-corrected chi connectivity index (χ1v) is 5.13. The lowest BCUT2D eigenvalue weighted by molar-refractivity contribution is 0.378. The van der Waals surface area contributed by atoms with E-state index in [4.69, 9.17) is 15.8 Å². The number of hydrogen-bond acceptors (Lipinski definition) is 8. The van der Waals surface area contributed by atoms with E-state index in [0.29, 0.717) is 25.5 Å². The number of anilines is 2. The van der Waals surface area contributed by atoms with Gasteiger partial charge in [-0.05, 0) is 6.92 Å². The van der Waals surface area contributed by atoms with Crippen molar-refractivity contribution in [2.75, 3.05) is 30.5 Å². The summed E-state index contributed by atoms with van der Waals surface area (Å²) in [6.07, 6.45) is 0.396. The number of nitriles is 1. The predicted octanol–water partition coefficient (Wildman–Crippen LogP) is -0.0942. The average molecular weight is 237 g/mol. The van der Waals surface area contributed by atoms with Crippen molar-refractivity contribution >= 4 is 11.9 Å². The SMILES string of the molecule is CCN(CCC#N)c1nc(NN)nc(OC)n1. The zero-order chi connectivity index (χ0) is 12.7. The molecule has 0 amide bonds. The van der Waals surface area contributed by atoms with E-state index in [9.17, 15) is 0 Å². The molecule has 8 heteroatoms. The minimum atomic E-state index is 0.179. The Balaban J connectivity index is 2.97. The quantitative estimate of drug-likeness (QED) is 0.521. The van der Waals surface area contributed by atoms with E-state index in [0.717, 1.165) is 0 Å². The molecule has 0 aliphatic carbocycles. The monoisotopic (exact) mass is 237 g/mol. The average Bonchev–Trinajstić information content (AvgIpc) is 2.39. The van der Waals surface area contributed by atoms with Gasteiger partial charge >= 0.3 is 6.01 Å². The van der Waals surface area contributed by atoms with E-state index >= 15 is 0 Å². The van der Waals surface area contributed by atoms with Crippen LogP contribution in [0.2, 0.25) is 0 Å². The number of nitrogens with one attached hydrogen (secondary N) is 1. The number of methoxy groups -OCH3 is 1. The highest BCUT2D eigenvalue weighted by Crippen LogP contribution is 2.14. The van der Waals surface area contributed by atoms with Gasteiger partial charge in [0.05, 0.1) is 19.6 Å². The number of nitrogen functional groups attached to an aromatic ring is 1. The van der Waals surface area contributed by atoms with Crippen LogP contribution in [0, 0.1) is 11.3 Å². The lowest BCUT2D eigenvalue weighted by atomic mass is 10.4. The summed E-state index contributed by atoms with van der Waals surface area (Å²) in [5.74, 6) is 5.91. The van der Waals surface area contributed by atoms with E-state index in [1.54, 1.807) is 0 Å². The summed E-state index contributed by atoms with van der Waals surface area (Å²) in [5.41, 5.74) is 2.34. The second kappa shape index (κ2) is 6.44. The second-order valence-corrected chi connectivity index (χ2v) is 3.08. The number of hydrazine groups is 1. The van der Waals surface area contributed by atoms with E-state index in [1.807, 2.05) is 11.8 Å². The van der Waals surface area contributed by atoms with Crippen LogP contribution in [0.15, 0.2) is 0 Å².